The maximum Gasteiger partial charge on any atom is 0.259 e. The SMILES string of the molecule is C[C@H]1C[C@H]1c1ccc(/C=N\NC(=O)CN2CCCc3ccccc32)o1. The van der Waals surface area contributed by atoms with Crippen LogP contribution in [0.25, 0.3) is 0 Å². The molecule has 1 saturated carbocycles. The van der Waals surface area contributed by atoms with E-state index in [0.29, 0.717) is 24.1 Å². The summed E-state index contributed by atoms with van der Waals surface area (Å²) in [6, 6.07) is 12.2. The van der Waals surface area contributed by atoms with Gasteiger partial charge in [0, 0.05) is 18.2 Å². The third-order valence-electron chi connectivity index (χ3n) is 5.04. The van der Waals surface area contributed by atoms with Crippen LogP contribution in [0.4, 0.5) is 5.69 Å². The number of fused-ring (bicyclic) bond motifs is 1. The molecule has 2 aliphatic rings. The molecule has 2 aromatic rings. The molecule has 5 heteroatoms. The molecule has 0 spiro atoms. The van der Waals surface area contributed by atoms with Crippen molar-refractivity contribution in [2.75, 3.05) is 18.0 Å². The van der Waals surface area contributed by atoms with E-state index in [4.69, 9.17) is 4.42 Å². The first-order chi connectivity index (χ1) is 12.2. The maximum atomic E-state index is 12.2. The summed E-state index contributed by atoms with van der Waals surface area (Å²) in [4.78, 5) is 14.3. The molecular formula is C20H23N3O2. The van der Waals surface area contributed by atoms with Gasteiger partial charge in [-0.1, -0.05) is 25.1 Å². The Morgan fingerprint density at radius 1 is 1.36 bits per heavy atom. The molecule has 1 aliphatic heterocycles. The highest BCUT2D eigenvalue weighted by atomic mass is 16.3. The number of carbonyl (C=O) groups excluding carboxylic acids is 1. The van der Waals surface area contributed by atoms with Gasteiger partial charge in [-0.15, -0.1) is 0 Å². The fourth-order valence-electron chi connectivity index (χ4n) is 3.51. The summed E-state index contributed by atoms with van der Waals surface area (Å²) in [5.74, 6) is 2.84. The number of nitrogens with zero attached hydrogens (tertiary/aromatic N) is 2. The van der Waals surface area contributed by atoms with Crippen molar-refractivity contribution in [3.8, 4) is 0 Å². The Morgan fingerprint density at radius 3 is 3.04 bits per heavy atom. The number of nitrogens with one attached hydrogen (secondary N) is 1. The second-order valence-electron chi connectivity index (χ2n) is 7.01. The van der Waals surface area contributed by atoms with Crippen molar-refractivity contribution in [1.29, 1.82) is 0 Å². The van der Waals surface area contributed by atoms with E-state index in [2.05, 4.69) is 34.5 Å². The summed E-state index contributed by atoms with van der Waals surface area (Å²) in [6.07, 6.45) is 4.91. The first-order valence-corrected chi connectivity index (χ1v) is 8.95. The van der Waals surface area contributed by atoms with Crippen LogP contribution in [-0.2, 0) is 11.2 Å². The number of carbonyl (C=O) groups is 1. The second-order valence-corrected chi connectivity index (χ2v) is 7.01. The Morgan fingerprint density at radius 2 is 2.20 bits per heavy atom. The molecule has 1 aromatic heterocycles. The van der Waals surface area contributed by atoms with E-state index in [9.17, 15) is 4.79 Å². The van der Waals surface area contributed by atoms with Gasteiger partial charge in [0.2, 0.25) is 0 Å². The van der Waals surface area contributed by atoms with Crippen LogP contribution in [0.3, 0.4) is 0 Å². The van der Waals surface area contributed by atoms with Crippen molar-refractivity contribution < 1.29 is 9.21 Å². The second kappa shape index (κ2) is 6.75. The van der Waals surface area contributed by atoms with Crippen LogP contribution in [0.5, 0.6) is 0 Å². The molecule has 1 aliphatic carbocycles. The number of hydrogen-bond donors (Lipinski definition) is 1. The Labute approximate surface area is 147 Å². The molecule has 0 saturated heterocycles. The number of anilines is 1. The minimum absolute atomic E-state index is 0.115. The van der Waals surface area contributed by atoms with Crippen LogP contribution in [0.1, 0.15) is 42.8 Å². The van der Waals surface area contributed by atoms with Crippen molar-refractivity contribution in [2.24, 2.45) is 11.0 Å². The largest absolute Gasteiger partial charge is 0.460 e. The number of rotatable bonds is 5. The van der Waals surface area contributed by atoms with Gasteiger partial charge < -0.3 is 9.32 Å². The van der Waals surface area contributed by atoms with E-state index < -0.39 is 0 Å². The van der Waals surface area contributed by atoms with Gasteiger partial charge in [0.05, 0.1) is 12.8 Å². The van der Waals surface area contributed by atoms with E-state index >= 15 is 0 Å². The number of hydrazone groups is 1. The van der Waals surface area contributed by atoms with Crippen molar-refractivity contribution in [3.05, 3.63) is 53.5 Å². The van der Waals surface area contributed by atoms with Gasteiger partial charge in [-0.2, -0.15) is 5.10 Å². The molecule has 4 rings (SSSR count). The van der Waals surface area contributed by atoms with Crippen LogP contribution >= 0.6 is 0 Å². The lowest BCUT2D eigenvalue weighted by Gasteiger charge is -2.30. The lowest BCUT2D eigenvalue weighted by atomic mass is 10.0. The van der Waals surface area contributed by atoms with Crippen molar-refractivity contribution >= 4 is 17.8 Å². The Kier molecular flexibility index (Phi) is 4.30. The standard InChI is InChI=1S/C20H23N3O2/c1-14-11-17(14)19-9-8-16(25-19)12-21-22-20(24)13-23-10-4-6-15-5-2-3-7-18(15)23/h2-3,5,7-9,12,14,17H,4,6,10-11,13H2,1H3,(H,22,24)/b21-12-/t14-,17+/m0/s1. The molecule has 5 nitrogen and oxygen atoms in total. The highest BCUT2D eigenvalue weighted by Crippen LogP contribution is 2.47. The average molecular weight is 337 g/mol. The summed E-state index contributed by atoms with van der Waals surface area (Å²) in [5, 5.41) is 4.03. The normalized spacial score (nSPS) is 22.0. The fourth-order valence-corrected chi connectivity index (χ4v) is 3.51. The monoisotopic (exact) mass is 337 g/mol. The third kappa shape index (κ3) is 3.60. The Bertz CT molecular complexity index is 796. The zero-order valence-corrected chi connectivity index (χ0v) is 14.4. The number of hydrogen-bond acceptors (Lipinski definition) is 4. The van der Waals surface area contributed by atoms with Crippen molar-refractivity contribution in [2.45, 2.75) is 32.1 Å². The van der Waals surface area contributed by atoms with E-state index in [1.54, 1.807) is 6.21 Å². The predicted molar refractivity (Wildman–Crippen MR) is 97.9 cm³/mol. The number of para-hydroxylation sites is 1. The van der Waals surface area contributed by atoms with Crippen molar-refractivity contribution in [3.63, 3.8) is 0 Å². The zero-order valence-electron chi connectivity index (χ0n) is 14.4. The van der Waals surface area contributed by atoms with Gasteiger partial charge in [0.25, 0.3) is 5.91 Å². The average Bonchev–Trinajstić information content (AvgIpc) is 3.16. The maximum absolute atomic E-state index is 12.2. The summed E-state index contributed by atoms with van der Waals surface area (Å²) in [6.45, 7) is 3.44. The van der Waals surface area contributed by atoms with Gasteiger partial charge in [0.1, 0.15) is 11.5 Å². The predicted octanol–water partition coefficient (Wildman–Crippen LogP) is 3.31. The quantitative estimate of drug-likeness (QED) is 0.673. The summed E-state index contributed by atoms with van der Waals surface area (Å²) in [5.41, 5.74) is 5.06. The van der Waals surface area contributed by atoms with Crippen LogP contribution < -0.4 is 10.3 Å². The lowest BCUT2D eigenvalue weighted by Crippen LogP contribution is -2.38. The summed E-state index contributed by atoms with van der Waals surface area (Å²) in [7, 11) is 0. The molecule has 2 heterocycles. The fraction of sp³-hybridized carbons (Fsp3) is 0.400. The Hall–Kier alpha value is -2.56. The molecule has 0 bridgehead atoms. The third-order valence-corrected chi connectivity index (χ3v) is 5.04. The smallest absolute Gasteiger partial charge is 0.259 e. The van der Waals surface area contributed by atoms with Crippen LogP contribution in [0.2, 0.25) is 0 Å². The molecule has 0 radical (unpaired) electrons. The van der Waals surface area contributed by atoms with Gasteiger partial charge in [0.15, 0.2) is 0 Å². The minimum Gasteiger partial charge on any atom is -0.460 e. The minimum atomic E-state index is -0.115. The molecule has 2 atom stereocenters. The van der Waals surface area contributed by atoms with Crippen LogP contribution in [0, 0.1) is 5.92 Å². The molecular weight excluding hydrogens is 314 g/mol. The first kappa shape index (κ1) is 15.9. The van der Waals surface area contributed by atoms with E-state index in [-0.39, 0.29) is 5.91 Å². The molecule has 1 aromatic carbocycles. The number of aryl methyl sites for hydroxylation is 1. The summed E-state index contributed by atoms with van der Waals surface area (Å²) >= 11 is 0. The molecule has 130 valence electrons. The molecule has 1 N–H and O–H groups in total. The summed E-state index contributed by atoms with van der Waals surface area (Å²) < 4.78 is 5.75. The van der Waals surface area contributed by atoms with E-state index in [1.807, 2.05) is 24.3 Å². The highest BCUT2D eigenvalue weighted by molar-refractivity contribution is 5.84. The number of benzene rings is 1. The highest BCUT2D eigenvalue weighted by Gasteiger charge is 2.36. The first-order valence-electron chi connectivity index (χ1n) is 8.95. The topological polar surface area (TPSA) is 57.8 Å². The molecule has 25 heavy (non-hydrogen) atoms. The van der Waals surface area contributed by atoms with Gasteiger partial charge in [-0.3, -0.25) is 4.79 Å². The van der Waals surface area contributed by atoms with E-state index in [0.717, 1.165) is 30.8 Å². The van der Waals surface area contributed by atoms with Crippen LogP contribution in [0.15, 0.2) is 45.9 Å². The molecule has 1 fully saturated rings. The number of amides is 1. The Balaban J connectivity index is 1.31. The lowest BCUT2D eigenvalue weighted by molar-refractivity contribution is -0.119. The van der Waals surface area contributed by atoms with Gasteiger partial charge >= 0.3 is 0 Å². The van der Waals surface area contributed by atoms with E-state index in [1.165, 1.54) is 12.0 Å². The van der Waals surface area contributed by atoms with Crippen LogP contribution in [-0.4, -0.2) is 25.2 Å². The zero-order chi connectivity index (χ0) is 17.2. The number of furan rings is 1. The van der Waals surface area contributed by atoms with Gasteiger partial charge in [-0.25, -0.2) is 5.43 Å². The van der Waals surface area contributed by atoms with Gasteiger partial charge in [-0.05, 0) is 48.9 Å². The van der Waals surface area contributed by atoms with Crippen molar-refractivity contribution in [1.82, 2.24) is 5.43 Å². The molecule has 1 amide bonds. The molecule has 0 unspecified atom stereocenters.